The van der Waals surface area contributed by atoms with E-state index in [0.29, 0.717) is 10.5 Å². The maximum atomic E-state index is 12.4. The van der Waals surface area contributed by atoms with E-state index < -0.39 is 0 Å². The van der Waals surface area contributed by atoms with Crippen LogP contribution in [-0.4, -0.2) is 46.3 Å². The summed E-state index contributed by atoms with van der Waals surface area (Å²) in [6.07, 6.45) is 6.81. The standard InChI is InChI=1S/C19H17N3O3S2/c1-26-15-7-3-2-6-14(15)17(23)21-9-10-22-18(24)16(27-19(22)25)11-13-5-4-8-20-12-13/h2-8,11-12H,9-10H2,1H3,(H,21,23)/b16-11-. The Hall–Kier alpha value is -2.58. The third kappa shape index (κ3) is 4.58. The lowest BCUT2D eigenvalue weighted by molar-refractivity contribution is -0.122. The van der Waals surface area contributed by atoms with Gasteiger partial charge in [0.15, 0.2) is 0 Å². The Labute approximate surface area is 165 Å². The summed E-state index contributed by atoms with van der Waals surface area (Å²) >= 11 is 2.38. The molecule has 6 nitrogen and oxygen atoms in total. The third-order valence-electron chi connectivity index (χ3n) is 3.83. The summed E-state index contributed by atoms with van der Waals surface area (Å²) in [4.78, 5) is 43.3. The van der Waals surface area contributed by atoms with E-state index in [1.807, 2.05) is 24.5 Å². The Bertz CT molecular complexity index is 900. The summed E-state index contributed by atoms with van der Waals surface area (Å²) in [6, 6.07) is 10.9. The van der Waals surface area contributed by atoms with Gasteiger partial charge in [-0.05, 0) is 47.9 Å². The van der Waals surface area contributed by atoms with Crippen molar-refractivity contribution in [3.63, 3.8) is 0 Å². The van der Waals surface area contributed by atoms with Crippen molar-refractivity contribution in [2.45, 2.75) is 4.90 Å². The van der Waals surface area contributed by atoms with E-state index in [9.17, 15) is 14.4 Å². The van der Waals surface area contributed by atoms with Gasteiger partial charge < -0.3 is 5.32 Å². The molecule has 1 aromatic heterocycles. The fourth-order valence-corrected chi connectivity index (χ4v) is 3.97. The van der Waals surface area contributed by atoms with Crippen molar-refractivity contribution in [2.75, 3.05) is 19.3 Å². The highest BCUT2D eigenvalue weighted by Crippen LogP contribution is 2.31. The quantitative estimate of drug-likeness (QED) is 0.593. The molecule has 1 saturated heterocycles. The van der Waals surface area contributed by atoms with Gasteiger partial charge in [-0.25, -0.2) is 0 Å². The van der Waals surface area contributed by atoms with E-state index in [1.165, 1.54) is 11.8 Å². The van der Waals surface area contributed by atoms with Gasteiger partial charge in [-0.2, -0.15) is 0 Å². The van der Waals surface area contributed by atoms with Crippen molar-refractivity contribution >= 4 is 46.7 Å². The first-order chi connectivity index (χ1) is 13.1. The zero-order chi connectivity index (χ0) is 19.2. The van der Waals surface area contributed by atoms with E-state index in [0.717, 1.165) is 27.1 Å². The molecule has 1 N–H and O–H groups in total. The number of nitrogens with one attached hydrogen (secondary N) is 1. The number of rotatable bonds is 6. The highest BCUT2D eigenvalue weighted by Gasteiger charge is 2.34. The highest BCUT2D eigenvalue weighted by molar-refractivity contribution is 8.18. The van der Waals surface area contributed by atoms with E-state index in [4.69, 9.17) is 0 Å². The number of amides is 3. The minimum absolute atomic E-state index is 0.127. The number of nitrogens with zero attached hydrogens (tertiary/aromatic N) is 2. The summed E-state index contributed by atoms with van der Waals surface area (Å²) in [6.45, 7) is 0.321. The molecular formula is C19H17N3O3S2. The van der Waals surface area contributed by atoms with Crippen LogP contribution in [0.15, 0.2) is 58.6 Å². The summed E-state index contributed by atoms with van der Waals surface area (Å²) in [7, 11) is 0. The molecule has 3 amide bonds. The minimum atomic E-state index is -0.354. The number of carbonyl (C=O) groups is 3. The molecule has 3 rings (SSSR count). The molecule has 0 aliphatic carbocycles. The van der Waals surface area contributed by atoms with E-state index in [1.54, 1.807) is 36.7 Å². The predicted molar refractivity (Wildman–Crippen MR) is 107 cm³/mol. The zero-order valence-corrected chi connectivity index (χ0v) is 16.2. The Morgan fingerprint density at radius 3 is 2.81 bits per heavy atom. The highest BCUT2D eigenvalue weighted by atomic mass is 32.2. The average Bonchev–Trinajstić information content (AvgIpc) is 2.96. The van der Waals surface area contributed by atoms with Crippen molar-refractivity contribution in [3.05, 3.63) is 64.8 Å². The van der Waals surface area contributed by atoms with Gasteiger partial charge in [-0.15, -0.1) is 11.8 Å². The maximum Gasteiger partial charge on any atom is 0.293 e. The summed E-state index contributed by atoms with van der Waals surface area (Å²) in [5.41, 5.74) is 1.33. The minimum Gasteiger partial charge on any atom is -0.350 e. The van der Waals surface area contributed by atoms with Crippen LogP contribution in [0, 0.1) is 0 Å². The van der Waals surface area contributed by atoms with Gasteiger partial charge in [-0.3, -0.25) is 24.3 Å². The van der Waals surface area contributed by atoms with Crippen molar-refractivity contribution < 1.29 is 14.4 Å². The first-order valence-corrected chi connectivity index (χ1v) is 10.2. The Morgan fingerprint density at radius 2 is 2.07 bits per heavy atom. The van der Waals surface area contributed by atoms with Gasteiger partial charge in [0.25, 0.3) is 17.1 Å². The number of thioether (sulfide) groups is 2. The summed E-state index contributed by atoms with van der Waals surface area (Å²) in [5.74, 6) is -0.578. The number of pyridine rings is 1. The number of imide groups is 1. The number of aromatic nitrogens is 1. The van der Waals surface area contributed by atoms with Gasteiger partial charge in [0.1, 0.15) is 0 Å². The van der Waals surface area contributed by atoms with Crippen LogP contribution in [0.1, 0.15) is 15.9 Å². The number of hydrogen-bond donors (Lipinski definition) is 1. The number of hydrogen-bond acceptors (Lipinski definition) is 6. The van der Waals surface area contributed by atoms with Crippen LogP contribution in [0.4, 0.5) is 4.79 Å². The fraction of sp³-hybridized carbons (Fsp3) is 0.158. The van der Waals surface area contributed by atoms with Gasteiger partial charge in [0, 0.05) is 30.4 Å². The molecule has 2 aromatic rings. The van der Waals surface area contributed by atoms with Crippen LogP contribution in [0.2, 0.25) is 0 Å². The first kappa shape index (κ1) is 19.2. The Morgan fingerprint density at radius 1 is 1.26 bits per heavy atom. The van der Waals surface area contributed by atoms with Crippen LogP contribution in [0.3, 0.4) is 0 Å². The smallest absolute Gasteiger partial charge is 0.293 e. The fourth-order valence-electron chi connectivity index (χ4n) is 2.51. The largest absolute Gasteiger partial charge is 0.350 e. The summed E-state index contributed by atoms with van der Waals surface area (Å²) in [5, 5.41) is 2.43. The number of carbonyl (C=O) groups excluding carboxylic acids is 3. The topological polar surface area (TPSA) is 79.4 Å². The average molecular weight is 399 g/mol. The zero-order valence-electron chi connectivity index (χ0n) is 14.5. The predicted octanol–water partition coefficient (Wildman–Crippen LogP) is 3.27. The molecule has 1 aromatic carbocycles. The lowest BCUT2D eigenvalue weighted by Gasteiger charge is -2.13. The molecule has 0 bridgehead atoms. The van der Waals surface area contributed by atoms with E-state index >= 15 is 0 Å². The third-order valence-corrected chi connectivity index (χ3v) is 5.53. The van der Waals surface area contributed by atoms with Crippen molar-refractivity contribution in [1.82, 2.24) is 15.2 Å². The molecule has 27 heavy (non-hydrogen) atoms. The van der Waals surface area contributed by atoms with Gasteiger partial charge in [0.05, 0.1) is 10.5 Å². The molecule has 1 fully saturated rings. The molecule has 1 aliphatic rings. The van der Waals surface area contributed by atoms with Crippen LogP contribution < -0.4 is 5.32 Å². The van der Waals surface area contributed by atoms with E-state index in [2.05, 4.69) is 10.3 Å². The monoisotopic (exact) mass is 399 g/mol. The molecule has 138 valence electrons. The lowest BCUT2D eigenvalue weighted by atomic mass is 10.2. The molecule has 1 aliphatic heterocycles. The van der Waals surface area contributed by atoms with Crippen LogP contribution in [-0.2, 0) is 4.79 Å². The second-order valence-electron chi connectivity index (χ2n) is 5.58. The number of benzene rings is 1. The molecule has 0 saturated carbocycles. The normalized spacial score (nSPS) is 15.4. The van der Waals surface area contributed by atoms with Crippen molar-refractivity contribution in [1.29, 1.82) is 0 Å². The van der Waals surface area contributed by atoms with Gasteiger partial charge in [-0.1, -0.05) is 18.2 Å². The molecule has 0 atom stereocenters. The Balaban J connectivity index is 1.60. The Kier molecular flexibility index (Phi) is 6.31. The second-order valence-corrected chi connectivity index (χ2v) is 7.42. The van der Waals surface area contributed by atoms with Crippen LogP contribution >= 0.6 is 23.5 Å². The lowest BCUT2D eigenvalue weighted by Crippen LogP contribution is -2.37. The maximum absolute atomic E-state index is 12.4. The van der Waals surface area contributed by atoms with Crippen molar-refractivity contribution in [2.24, 2.45) is 0 Å². The van der Waals surface area contributed by atoms with Crippen LogP contribution in [0.25, 0.3) is 6.08 Å². The summed E-state index contributed by atoms with van der Waals surface area (Å²) < 4.78 is 0. The van der Waals surface area contributed by atoms with E-state index in [-0.39, 0.29) is 30.1 Å². The first-order valence-electron chi connectivity index (χ1n) is 8.17. The molecule has 8 heteroatoms. The SMILES string of the molecule is CSc1ccccc1C(=O)NCCN1C(=O)S/C(=C\c2cccnc2)C1=O. The molecular weight excluding hydrogens is 382 g/mol. The molecule has 2 heterocycles. The molecule has 0 radical (unpaired) electrons. The molecule has 0 spiro atoms. The van der Waals surface area contributed by atoms with Gasteiger partial charge >= 0.3 is 0 Å². The second kappa shape index (κ2) is 8.88. The van der Waals surface area contributed by atoms with Gasteiger partial charge in [0.2, 0.25) is 0 Å². The molecule has 0 unspecified atom stereocenters. The van der Waals surface area contributed by atoms with Crippen LogP contribution in [0.5, 0.6) is 0 Å². The van der Waals surface area contributed by atoms with Crippen molar-refractivity contribution in [3.8, 4) is 0 Å².